The third-order valence-electron chi connectivity index (χ3n) is 3.20. The van der Waals surface area contributed by atoms with E-state index < -0.39 is 0 Å². The van der Waals surface area contributed by atoms with Crippen LogP contribution in [0.15, 0.2) is 59.4 Å². The average Bonchev–Trinajstić information content (AvgIpc) is 2.41. The zero-order chi connectivity index (χ0) is 13.4. The highest BCUT2D eigenvalue weighted by molar-refractivity contribution is 6.30. The van der Waals surface area contributed by atoms with Crippen molar-refractivity contribution in [3.05, 3.63) is 75.7 Å². The lowest BCUT2D eigenvalue weighted by molar-refractivity contribution is 0.951. The normalized spacial score (nSPS) is 10.8. The van der Waals surface area contributed by atoms with E-state index in [-0.39, 0.29) is 5.56 Å². The van der Waals surface area contributed by atoms with Crippen LogP contribution in [0.5, 0.6) is 0 Å². The molecule has 0 spiro atoms. The van der Waals surface area contributed by atoms with Gasteiger partial charge in [-0.1, -0.05) is 29.8 Å². The largest absolute Gasteiger partial charge is 0.281 e. The topological polar surface area (TPSA) is 22.0 Å². The van der Waals surface area contributed by atoms with Crippen LogP contribution in [0.4, 0.5) is 0 Å². The molecule has 0 radical (unpaired) electrons. The van der Waals surface area contributed by atoms with Crippen LogP contribution in [0.25, 0.3) is 16.5 Å². The first-order valence-electron chi connectivity index (χ1n) is 6.04. The molecule has 0 aliphatic rings. The van der Waals surface area contributed by atoms with Crippen molar-refractivity contribution in [3.8, 4) is 5.69 Å². The molecule has 0 bridgehead atoms. The predicted molar refractivity (Wildman–Crippen MR) is 79.3 cm³/mol. The highest BCUT2D eigenvalue weighted by Gasteiger charge is 2.07. The molecule has 3 aromatic rings. The molecular weight excluding hydrogens is 258 g/mol. The molecule has 19 heavy (non-hydrogen) atoms. The van der Waals surface area contributed by atoms with Crippen LogP contribution >= 0.6 is 11.6 Å². The molecule has 0 saturated carbocycles. The summed E-state index contributed by atoms with van der Waals surface area (Å²) in [6.07, 6.45) is 0. The Morgan fingerprint density at radius 2 is 1.68 bits per heavy atom. The van der Waals surface area contributed by atoms with Gasteiger partial charge in [-0.05, 0) is 48.7 Å². The van der Waals surface area contributed by atoms with E-state index in [0.29, 0.717) is 5.02 Å². The zero-order valence-corrected chi connectivity index (χ0v) is 11.2. The Hall–Kier alpha value is -2.06. The summed E-state index contributed by atoms with van der Waals surface area (Å²) in [5.74, 6) is 0. The van der Waals surface area contributed by atoms with Crippen LogP contribution in [0.2, 0.25) is 5.02 Å². The lowest BCUT2D eigenvalue weighted by atomic mass is 10.1. The van der Waals surface area contributed by atoms with Gasteiger partial charge in [0.15, 0.2) is 0 Å². The molecule has 94 valence electrons. The van der Waals surface area contributed by atoms with Crippen molar-refractivity contribution in [2.75, 3.05) is 0 Å². The molecule has 2 aromatic carbocycles. The van der Waals surface area contributed by atoms with Gasteiger partial charge in [-0.2, -0.15) is 0 Å². The molecule has 0 unspecified atom stereocenters. The molecule has 3 heteroatoms. The van der Waals surface area contributed by atoms with Crippen molar-refractivity contribution >= 4 is 22.4 Å². The van der Waals surface area contributed by atoms with Gasteiger partial charge in [0.05, 0.1) is 0 Å². The van der Waals surface area contributed by atoms with E-state index in [1.165, 1.54) is 0 Å². The lowest BCUT2D eigenvalue weighted by Gasteiger charge is -2.11. The first-order valence-corrected chi connectivity index (χ1v) is 6.42. The number of pyridine rings is 1. The van der Waals surface area contributed by atoms with E-state index in [1.54, 1.807) is 16.7 Å². The summed E-state index contributed by atoms with van der Waals surface area (Å²) in [4.78, 5) is 12.6. The standard InChI is InChI=1S/C16H12ClNO/c1-11-10-12-4-2-3-5-15(12)16(19)18(11)14-8-6-13(17)7-9-14/h2-10H,1H3. The van der Waals surface area contributed by atoms with Crippen LogP contribution in [0, 0.1) is 6.92 Å². The van der Waals surface area contributed by atoms with E-state index in [4.69, 9.17) is 11.6 Å². The van der Waals surface area contributed by atoms with E-state index in [1.807, 2.05) is 49.4 Å². The van der Waals surface area contributed by atoms with Crippen LogP contribution in [0.1, 0.15) is 5.69 Å². The molecule has 0 aliphatic heterocycles. The van der Waals surface area contributed by atoms with Crippen LogP contribution in [0.3, 0.4) is 0 Å². The summed E-state index contributed by atoms with van der Waals surface area (Å²) in [7, 11) is 0. The molecule has 0 atom stereocenters. The minimum absolute atomic E-state index is 0.00192. The Labute approximate surface area is 115 Å². The van der Waals surface area contributed by atoms with Gasteiger partial charge in [-0.3, -0.25) is 9.36 Å². The number of hydrogen-bond acceptors (Lipinski definition) is 1. The van der Waals surface area contributed by atoms with Crippen LogP contribution < -0.4 is 5.56 Å². The molecule has 0 N–H and O–H groups in total. The lowest BCUT2D eigenvalue weighted by Crippen LogP contribution is -2.20. The maximum atomic E-state index is 12.6. The summed E-state index contributed by atoms with van der Waals surface area (Å²) in [5.41, 5.74) is 1.74. The number of hydrogen-bond donors (Lipinski definition) is 0. The monoisotopic (exact) mass is 269 g/mol. The predicted octanol–water partition coefficient (Wildman–Crippen LogP) is 3.95. The fraction of sp³-hybridized carbons (Fsp3) is 0.0625. The second kappa shape index (κ2) is 4.56. The summed E-state index contributed by atoms with van der Waals surface area (Å²) < 4.78 is 1.71. The zero-order valence-electron chi connectivity index (χ0n) is 10.4. The Bertz CT molecular complexity index is 803. The number of halogens is 1. The third kappa shape index (κ3) is 2.04. The van der Waals surface area contributed by atoms with Gasteiger partial charge < -0.3 is 0 Å². The molecule has 2 nitrogen and oxygen atoms in total. The highest BCUT2D eigenvalue weighted by atomic mass is 35.5. The Morgan fingerprint density at radius 1 is 1.00 bits per heavy atom. The van der Waals surface area contributed by atoms with Gasteiger partial charge in [0.25, 0.3) is 5.56 Å². The van der Waals surface area contributed by atoms with Gasteiger partial charge in [-0.25, -0.2) is 0 Å². The Kier molecular flexibility index (Phi) is 2.88. The summed E-state index contributed by atoms with van der Waals surface area (Å²) in [5, 5.41) is 2.36. The Morgan fingerprint density at radius 3 is 2.42 bits per heavy atom. The van der Waals surface area contributed by atoms with Crippen molar-refractivity contribution in [1.29, 1.82) is 0 Å². The maximum Gasteiger partial charge on any atom is 0.263 e. The number of rotatable bonds is 1. The second-order valence-corrected chi connectivity index (χ2v) is 4.93. The van der Waals surface area contributed by atoms with Gasteiger partial charge in [0.2, 0.25) is 0 Å². The minimum atomic E-state index is -0.00192. The van der Waals surface area contributed by atoms with Crippen molar-refractivity contribution in [3.63, 3.8) is 0 Å². The average molecular weight is 270 g/mol. The maximum absolute atomic E-state index is 12.6. The molecule has 1 heterocycles. The highest BCUT2D eigenvalue weighted by Crippen LogP contribution is 2.17. The SMILES string of the molecule is Cc1cc2ccccc2c(=O)n1-c1ccc(Cl)cc1. The molecule has 0 saturated heterocycles. The molecule has 3 rings (SSSR count). The van der Waals surface area contributed by atoms with Gasteiger partial charge in [0.1, 0.15) is 0 Å². The fourth-order valence-electron chi connectivity index (χ4n) is 2.30. The Balaban J connectivity index is 2.35. The third-order valence-corrected chi connectivity index (χ3v) is 3.45. The summed E-state index contributed by atoms with van der Waals surface area (Å²) in [6, 6.07) is 16.9. The van der Waals surface area contributed by atoms with Gasteiger partial charge >= 0.3 is 0 Å². The summed E-state index contributed by atoms with van der Waals surface area (Å²) >= 11 is 5.89. The number of benzene rings is 2. The number of nitrogens with zero attached hydrogens (tertiary/aromatic N) is 1. The van der Waals surface area contributed by atoms with E-state index >= 15 is 0 Å². The van der Waals surface area contributed by atoms with Gasteiger partial charge in [-0.15, -0.1) is 0 Å². The minimum Gasteiger partial charge on any atom is -0.281 e. The smallest absolute Gasteiger partial charge is 0.263 e. The molecule has 0 fully saturated rings. The van der Waals surface area contributed by atoms with Gasteiger partial charge in [0, 0.05) is 21.8 Å². The van der Waals surface area contributed by atoms with Crippen molar-refractivity contribution < 1.29 is 0 Å². The fourth-order valence-corrected chi connectivity index (χ4v) is 2.42. The van der Waals surface area contributed by atoms with Crippen LogP contribution in [-0.4, -0.2) is 4.57 Å². The number of aromatic nitrogens is 1. The van der Waals surface area contributed by atoms with E-state index in [2.05, 4.69) is 0 Å². The first-order chi connectivity index (χ1) is 9.16. The second-order valence-electron chi connectivity index (χ2n) is 4.49. The number of fused-ring (bicyclic) bond motifs is 1. The molecule has 1 aromatic heterocycles. The molecular formula is C16H12ClNO. The molecule has 0 aliphatic carbocycles. The first kappa shape index (κ1) is 12.0. The van der Waals surface area contributed by atoms with E-state index in [0.717, 1.165) is 22.2 Å². The van der Waals surface area contributed by atoms with Crippen molar-refractivity contribution in [2.24, 2.45) is 0 Å². The summed E-state index contributed by atoms with van der Waals surface area (Å²) in [6.45, 7) is 1.93. The van der Waals surface area contributed by atoms with Crippen LogP contribution in [-0.2, 0) is 0 Å². The van der Waals surface area contributed by atoms with E-state index in [9.17, 15) is 4.79 Å². The number of aryl methyl sites for hydroxylation is 1. The quantitative estimate of drug-likeness (QED) is 0.656. The van der Waals surface area contributed by atoms with Crippen molar-refractivity contribution in [1.82, 2.24) is 4.57 Å². The molecule has 0 amide bonds. The van der Waals surface area contributed by atoms with Crippen molar-refractivity contribution in [2.45, 2.75) is 6.92 Å².